The SMILES string of the molecule is COc1ccccc1-c1ncc2n1CCC(CO)C2. The number of aliphatic hydroxyl groups excluding tert-OH is 1. The summed E-state index contributed by atoms with van der Waals surface area (Å²) in [7, 11) is 1.68. The zero-order valence-electron chi connectivity index (χ0n) is 11.0. The highest BCUT2D eigenvalue weighted by Gasteiger charge is 2.22. The van der Waals surface area contributed by atoms with E-state index in [0.29, 0.717) is 5.92 Å². The summed E-state index contributed by atoms with van der Waals surface area (Å²) >= 11 is 0. The molecule has 4 nitrogen and oxygen atoms in total. The summed E-state index contributed by atoms with van der Waals surface area (Å²) < 4.78 is 7.65. The van der Waals surface area contributed by atoms with Crippen LogP contribution >= 0.6 is 0 Å². The van der Waals surface area contributed by atoms with E-state index in [1.165, 1.54) is 5.69 Å². The number of ether oxygens (including phenoxy) is 1. The quantitative estimate of drug-likeness (QED) is 0.917. The Labute approximate surface area is 112 Å². The Hall–Kier alpha value is -1.81. The van der Waals surface area contributed by atoms with E-state index in [9.17, 15) is 5.11 Å². The Bertz CT molecular complexity index is 577. The van der Waals surface area contributed by atoms with Crippen LogP contribution in [-0.4, -0.2) is 28.4 Å². The van der Waals surface area contributed by atoms with Gasteiger partial charge >= 0.3 is 0 Å². The van der Waals surface area contributed by atoms with E-state index in [-0.39, 0.29) is 6.61 Å². The van der Waals surface area contributed by atoms with Crippen molar-refractivity contribution >= 4 is 0 Å². The average molecular weight is 258 g/mol. The molecule has 1 atom stereocenters. The monoisotopic (exact) mass is 258 g/mol. The van der Waals surface area contributed by atoms with Gasteiger partial charge < -0.3 is 14.4 Å². The number of fused-ring (bicyclic) bond motifs is 1. The number of hydrogen-bond acceptors (Lipinski definition) is 3. The second-order valence-electron chi connectivity index (χ2n) is 4.97. The second kappa shape index (κ2) is 5.05. The van der Waals surface area contributed by atoms with E-state index in [0.717, 1.165) is 36.5 Å². The van der Waals surface area contributed by atoms with Crippen molar-refractivity contribution in [1.29, 1.82) is 0 Å². The fourth-order valence-corrected chi connectivity index (χ4v) is 2.73. The Morgan fingerprint density at radius 3 is 3.05 bits per heavy atom. The van der Waals surface area contributed by atoms with Gasteiger partial charge in [0.25, 0.3) is 0 Å². The van der Waals surface area contributed by atoms with Gasteiger partial charge in [0, 0.05) is 25.0 Å². The van der Waals surface area contributed by atoms with Crippen LogP contribution in [-0.2, 0) is 13.0 Å². The maximum Gasteiger partial charge on any atom is 0.143 e. The van der Waals surface area contributed by atoms with Crippen molar-refractivity contribution in [1.82, 2.24) is 9.55 Å². The molecular weight excluding hydrogens is 240 g/mol. The van der Waals surface area contributed by atoms with Gasteiger partial charge in [-0.2, -0.15) is 0 Å². The number of aromatic nitrogens is 2. The molecule has 1 aliphatic rings. The first-order chi connectivity index (χ1) is 9.33. The minimum Gasteiger partial charge on any atom is -0.496 e. The third-order valence-electron chi connectivity index (χ3n) is 3.80. The van der Waals surface area contributed by atoms with Crippen LogP contribution in [0.15, 0.2) is 30.5 Å². The van der Waals surface area contributed by atoms with E-state index < -0.39 is 0 Å². The van der Waals surface area contributed by atoms with Gasteiger partial charge in [-0.15, -0.1) is 0 Å². The second-order valence-corrected chi connectivity index (χ2v) is 4.97. The summed E-state index contributed by atoms with van der Waals surface area (Å²) in [5, 5.41) is 9.27. The summed E-state index contributed by atoms with van der Waals surface area (Å²) in [5.74, 6) is 2.18. The zero-order valence-corrected chi connectivity index (χ0v) is 11.0. The lowest BCUT2D eigenvalue weighted by atomic mass is 9.97. The molecule has 1 aromatic heterocycles. The maximum absolute atomic E-state index is 9.27. The lowest BCUT2D eigenvalue weighted by Gasteiger charge is -2.23. The number of para-hydroxylation sites is 1. The number of methoxy groups -OCH3 is 1. The maximum atomic E-state index is 9.27. The number of rotatable bonds is 3. The zero-order chi connectivity index (χ0) is 13.2. The number of hydrogen-bond donors (Lipinski definition) is 1. The van der Waals surface area contributed by atoms with Crippen molar-refractivity contribution < 1.29 is 9.84 Å². The van der Waals surface area contributed by atoms with Gasteiger partial charge in [0.15, 0.2) is 0 Å². The molecule has 0 bridgehead atoms. The van der Waals surface area contributed by atoms with Gasteiger partial charge in [0.1, 0.15) is 11.6 Å². The van der Waals surface area contributed by atoms with Gasteiger partial charge in [0.2, 0.25) is 0 Å². The van der Waals surface area contributed by atoms with E-state index in [4.69, 9.17) is 4.74 Å². The van der Waals surface area contributed by atoms with Crippen LogP contribution in [0.25, 0.3) is 11.4 Å². The van der Waals surface area contributed by atoms with Crippen LogP contribution in [0, 0.1) is 5.92 Å². The fraction of sp³-hybridized carbons (Fsp3) is 0.400. The van der Waals surface area contributed by atoms with Crippen LogP contribution in [0.5, 0.6) is 5.75 Å². The number of aliphatic hydroxyl groups is 1. The third-order valence-corrected chi connectivity index (χ3v) is 3.80. The molecule has 1 N–H and O–H groups in total. The smallest absolute Gasteiger partial charge is 0.143 e. The third kappa shape index (κ3) is 2.12. The molecule has 1 unspecified atom stereocenters. The topological polar surface area (TPSA) is 47.3 Å². The molecule has 2 heterocycles. The van der Waals surface area contributed by atoms with E-state index in [1.54, 1.807) is 7.11 Å². The van der Waals surface area contributed by atoms with Crippen LogP contribution < -0.4 is 4.74 Å². The normalized spacial score (nSPS) is 18.1. The van der Waals surface area contributed by atoms with Crippen molar-refractivity contribution in [2.24, 2.45) is 5.92 Å². The summed E-state index contributed by atoms with van der Waals surface area (Å²) in [5.41, 5.74) is 2.23. The van der Waals surface area contributed by atoms with Crippen molar-refractivity contribution in [2.75, 3.05) is 13.7 Å². The van der Waals surface area contributed by atoms with E-state index >= 15 is 0 Å². The summed E-state index contributed by atoms with van der Waals surface area (Å²) in [4.78, 5) is 4.55. The Kier molecular flexibility index (Phi) is 3.25. The lowest BCUT2D eigenvalue weighted by Crippen LogP contribution is -2.21. The highest BCUT2D eigenvalue weighted by atomic mass is 16.5. The summed E-state index contributed by atoms with van der Waals surface area (Å²) in [6.07, 6.45) is 3.82. The molecule has 2 aromatic rings. The summed E-state index contributed by atoms with van der Waals surface area (Å²) in [6, 6.07) is 7.95. The molecule has 19 heavy (non-hydrogen) atoms. The van der Waals surface area contributed by atoms with Gasteiger partial charge in [0.05, 0.1) is 12.7 Å². The molecular formula is C15H18N2O2. The standard InChI is InChI=1S/C15H18N2O2/c1-19-14-5-3-2-4-13(14)15-16-9-12-8-11(10-18)6-7-17(12)15/h2-5,9,11,18H,6-8,10H2,1H3. The highest BCUT2D eigenvalue weighted by Crippen LogP contribution is 2.32. The number of nitrogens with zero attached hydrogens (tertiary/aromatic N) is 2. The minimum atomic E-state index is 0.259. The van der Waals surface area contributed by atoms with E-state index in [1.807, 2.05) is 30.5 Å². The molecule has 100 valence electrons. The van der Waals surface area contributed by atoms with Crippen LogP contribution in [0.4, 0.5) is 0 Å². The molecule has 0 radical (unpaired) electrons. The van der Waals surface area contributed by atoms with E-state index in [2.05, 4.69) is 9.55 Å². The van der Waals surface area contributed by atoms with Crippen molar-refractivity contribution in [2.45, 2.75) is 19.4 Å². The van der Waals surface area contributed by atoms with Crippen molar-refractivity contribution in [3.05, 3.63) is 36.2 Å². The molecule has 0 spiro atoms. The largest absolute Gasteiger partial charge is 0.496 e. The minimum absolute atomic E-state index is 0.259. The Morgan fingerprint density at radius 2 is 2.26 bits per heavy atom. The molecule has 4 heteroatoms. The van der Waals surface area contributed by atoms with Crippen molar-refractivity contribution in [3.8, 4) is 17.1 Å². The van der Waals surface area contributed by atoms with Gasteiger partial charge in [-0.3, -0.25) is 0 Å². The first-order valence-corrected chi connectivity index (χ1v) is 6.62. The molecule has 0 saturated carbocycles. The Balaban J connectivity index is 2.01. The van der Waals surface area contributed by atoms with Crippen LogP contribution in [0.2, 0.25) is 0 Å². The first-order valence-electron chi connectivity index (χ1n) is 6.62. The number of imidazole rings is 1. The summed E-state index contributed by atoms with van der Waals surface area (Å²) in [6.45, 7) is 1.17. The molecule has 3 rings (SSSR count). The predicted octanol–water partition coefficient (Wildman–Crippen LogP) is 2.11. The first kappa shape index (κ1) is 12.2. The highest BCUT2D eigenvalue weighted by molar-refractivity contribution is 5.65. The Morgan fingerprint density at radius 1 is 1.42 bits per heavy atom. The van der Waals surface area contributed by atoms with Crippen molar-refractivity contribution in [3.63, 3.8) is 0 Å². The van der Waals surface area contributed by atoms with Gasteiger partial charge in [-0.25, -0.2) is 4.98 Å². The molecule has 0 fully saturated rings. The molecule has 0 saturated heterocycles. The average Bonchev–Trinajstić information content (AvgIpc) is 2.89. The molecule has 0 aliphatic carbocycles. The lowest BCUT2D eigenvalue weighted by molar-refractivity contribution is 0.201. The molecule has 1 aliphatic heterocycles. The molecule has 0 amide bonds. The van der Waals surface area contributed by atoms with Crippen LogP contribution in [0.1, 0.15) is 12.1 Å². The fourth-order valence-electron chi connectivity index (χ4n) is 2.73. The van der Waals surface area contributed by atoms with Gasteiger partial charge in [-0.05, 0) is 30.9 Å². The molecule has 1 aromatic carbocycles. The number of benzene rings is 1. The van der Waals surface area contributed by atoms with Gasteiger partial charge in [-0.1, -0.05) is 12.1 Å². The predicted molar refractivity (Wildman–Crippen MR) is 73.1 cm³/mol. The van der Waals surface area contributed by atoms with Crippen LogP contribution in [0.3, 0.4) is 0 Å².